The van der Waals surface area contributed by atoms with Crippen molar-refractivity contribution in [1.29, 1.82) is 0 Å². The molecule has 1 aromatic rings. The van der Waals surface area contributed by atoms with Crippen LogP contribution in [0.5, 0.6) is 0 Å². The van der Waals surface area contributed by atoms with Crippen LogP contribution in [0.2, 0.25) is 0 Å². The van der Waals surface area contributed by atoms with Crippen LogP contribution >= 0.6 is 0 Å². The van der Waals surface area contributed by atoms with E-state index in [1.54, 1.807) is 0 Å². The highest BCUT2D eigenvalue weighted by Crippen LogP contribution is 2.30. The molecule has 1 aliphatic heterocycles. The van der Waals surface area contributed by atoms with Crippen molar-refractivity contribution in [2.45, 2.75) is 33.7 Å². The molecule has 0 amide bonds. The molecule has 0 aromatic carbocycles. The van der Waals surface area contributed by atoms with Gasteiger partial charge < -0.3 is 10.3 Å². The fraction of sp³-hybridized carbons (Fsp3) is 0.750. The number of rotatable bonds is 3. The summed E-state index contributed by atoms with van der Waals surface area (Å²) in [5.41, 5.74) is 8.35. The maximum Gasteiger partial charge on any atom is 0.138 e. The Bertz CT molecular complexity index is 355. The average Bonchev–Trinajstić information content (AvgIpc) is 2.78. The Kier molecular flexibility index (Phi) is 3.04. The van der Waals surface area contributed by atoms with E-state index in [0.717, 1.165) is 37.6 Å². The maximum absolute atomic E-state index is 5.81. The predicted octanol–water partition coefficient (Wildman–Crippen LogP) is 1.46. The molecular weight excluding hydrogens is 202 g/mol. The van der Waals surface area contributed by atoms with E-state index >= 15 is 0 Å². The van der Waals surface area contributed by atoms with Crippen LogP contribution in [0.4, 0.5) is 0 Å². The largest absolute Gasteiger partial charge is 0.361 e. The zero-order chi connectivity index (χ0) is 11.8. The second-order valence-electron chi connectivity index (χ2n) is 5.28. The highest BCUT2D eigenvalue weighted by atomic mass is 16.5. The molecule has 0 bridgehead atoms. The second kappa shape index (κ2) is 4.18. The standard InChI is InChI=1S/C12H21N3O/c1-9-11(10(2)16-14-9)6-15-5-4-12(3,7-13)8-15/h4-8,13H2,1-3H3. The first-order valence-corrected chi connectivity index (χ1v) is 5.88. The minimum atomic E-state index is 0.291. The van der Waals surface area contributed by atoms with Crippen LogP contribution in [-0.2, 0) is 6.54 Å². The van der Waals surface area contributed by atoms with Crippen molar-refractivity contribution in [3.63, 3.8) is 0 Å². The van der Waals surface area contributed by atoms with E-state index in [1.165, 1.54) is 12.0 Å². The van der Waals surface area contributed by atoms with Gasteiger partial charge >= 0.3 is 0 Å². The molecular formula is C12H21N3O. The van der Waals surface area contributed by atoms with E-state index in [4.69, 9.17) is 10.3 Å². The van der Waals surface area contributed by atoms with Crippen LogP contribution in [0.15, 0.2) is 4.52 Å². The van der Waals surface area contributed by atoms with Crippen LogP contribution < -0.4 is 5.73 Å². The monoisotopic (exact) mass is 223 g/mol. The lowest BCUT2D eigenvalue weighted by Gasteiger charge is -2.22. The first kappa shape index (κ1) is 11.6. The van der Waals surface area contributed by atoms with Gasteiger partial charge in [-0.15, -0.1) is 0 Å². The Balaban J connectivity index is 2.02. The summed E-state index contributed by atoms with van der Waals surface area (Å²) >= 11 is 0. The van der Waals surface area contributed by atoms with Gasteiger partial charge in [-0.2, -0.15) is 0 Å². The SMILES string of the molecule is Cc1noc(C)c1CN1CCC(C)(CN)C1. The Labute approximate surface area is 96.8 Å². The summed E-state index contributed by atoms with van der Waals surface area (Å²) in [7, 11) is 0. The van der Waals surface area contributed by atoms with E-state index in [0.29, 0.717) is 5.41 Å². The number of hydrogen-bond donors (Lipinski definition) is 1. The molecule has 2 heterocycles. The number of hydrogen-bond acceptors (Lipinski definition) is 4. The van der Waals surface area contributed by atoms with Crippen molar-refractivity contribution in [2.24, 2.45) is 11.1 Å². The maximum atomic E-state index is 5.81. The molecule has 4 nitrogen and oxygen atoms in total. The third kappa shape index (κ3) is 2.13. The lowest BCUT2D eigenvalue weighted by Crippen LogP contribution is -2.31. The molecule has 1 unspecified atom stereocenters. The molecule has 16 heavy (non-hydrogen) atoms. The van der Waals surface area contributed by atoms with Crippen molar-refractivity contribution in [3.8, 4) is 0 Å². The van der Waals surface area contributed by atoms with Gasteiger partial charge in [-0.25, -0.2) is 0 Å². The Morgan fingerprint density at radius 1 is 1.50 bits per heavy atom. The van der Waals surface area contributed by atoms with E-state index in [-0.39, 0.29) is 0 Å². The van der Waals surface area contributed by atoms with Crippen molar-refractivity contribution < 1.29 is 4.52 Å². The summed E-state index contributed by atoms with van der Waals surface area (Å²) in [5.74, 6) is 0.943. The van der Waals surface area contributed by atoms with Crippen molar-refractivity contribution in [3.05, 3.63) is 17.0 Å². The fourth-order valence-electron chi connectivity index (χ4n) is 2.38. The van der Waals surface area contributed by atoms with E-state index in [9.17, 15) is 0 Å². The topological polar surface area (TPSA) is 55.3 Å². The molecule has 1 aromatic heterocycles. The number of nitrogens with zero attached hydrogens (tertiary/aromatic N) is 2. The van der Waals surface area contributed by atoms with Gasteiger partial charge in [-0.3, -0.25) is 4.90 Å². The Morgan fingerprint density at radius 2 is 2.25 bits per heavy atom. The highest BCUT2D eigenvalue weighted by Gasteiger charge is 2.32. The first-order valence-electron chi connectivity index (χ1n) is 5.88. The van der Waals surface area contributed by atoms with Gasteiger partial charge in [0.05, 0.1) is 5.69 Å². The summed E-state index contributed by atoms with van der Waals surface area (Å²) < 4.78 is 5.18. The number of aromatic nitrogens is 1. The van der Waals surface area contributed by atoms with E-state index in [2.05, 4.69) is 17.0 Å². The van der Waals surface area contributed by atoms with Gasteiger partial charge in [0.1, 0.15) is 5.76 Å². The average molecular weight is 223 g/mol. The van der Waals surface area contributed by atoms with Gasteiger partial charge in [0.15, 0.2) is 0 Å². The summed E-state index contributed by atoms with van der Waals surface area (Å²) in [4.78, 5) is 2.44. The summed E-state index contributed by atoms with van der Waals surface area (Å²) in [6, 6.07) is 0. The summed E-state index contributed by atoms with van der Waals surface area (Å²) in [5, 5.41) is 3.99. The Morgan fingerprint density at radius 3 is 2.75 bits per heavy atom. The Hall–Kier alpha value is -0.870. The van der Waals surface area contributed by atoms with E-state index in [1.807, 2.05) is 13.8 Å². The van der Waals surface area contributed by atoms with Crippen molar-refractivity contribution in [1.82, 2.24) is 10.1 Å². The van der Waals surface area contributed by atoms with Gasteiger partial charge in [0, 0.05) is 18.7 Å². The molecule has 0 aliphatic carbocycles. The minimum absolute atomic E-state index is 0.291. The molecule has 1 fully saturated rings. The number of nitrogens with two attached hydrogens (primary N) is 1. The predicted molar refractivity (Wildman–Crippen MR) is 63.0 cm³/mol. The number of likely N-dealkylation sites (tertiary alicyclic amines) is 1. The molecule has 2 N–H and O–H groups in total. The zero-order valence-corrected chi connectivity index (χ0v) is 10.4. The smallest absolute Gasteiger partial charge is 0.138 e. The van der Waals surface area contributed by atoms with Crippen molar-refractivity contribution >= 4 is 0 Å². The molecule has 0 saturated carbocycles. The van der Waals surface area contributed by atoms with Crippen LogP contribution in [-0.4, -0.2) is 29.7 Å². The molecule has 90 valence electrons. The lowest BCUT2D eigenvalue weighted by molar-refractivity contribution is 0.272. The summed E-state index contributed by atoms with van der Waals surface area (Å²) in [6.07, 6.45) is 1.19. The van der Waals surface area contributed by atoms with Crippen LogP contribution in [0.3, 0.4) is 0 Å². The molecule has 0 spiro atoms. The quantitative estimate of drug-likeness (QED) is 0.843. The molecule has 1 aliphatic rings. The molecule has 2 rings (SSSR count). The third-order valence-electron chi connectivity index (χ3n) is 3.69. The second-order valence-corrected chi connectivity index (χ2v) is 5.28. The van der Waals surface area contributed by atoms with E-state index < -0.39 is 0 Å². The number of aryl methyl sites for hydroxylation is 2. The first-order chi connectivity index (χ1) is 7.54. The zero-order valence-electron chi connectivity index (χ0n) is 10.4. The lowest BCUT2D eigenvalue weighted by atomic mass is 9.90. The molecule has 4 heteroatoms. The van der Waals surface area contributed by atoms with Gasteiger partial charge in [-0.05, 0) is 38.8 Å². The third-order valence-corrected chi connectivity index (χ3v) is 3.69. The summed E-state index contributed by atoms with van der Waals surface area (Å²) in [6.45, 7) is 10.2. The highest BCUT2D eigenvalue weighted by molar-refractivity contribution is 5.20. The van der Waals surface area contributed by atoms with Gasteiger partial charge in [0.2, 0.25) is 0 Å². The molecule has 1 atom stereocenters. The molecule has 0 radical (unpaired) electrons. The fourth-order valence-corrected chi connectivity index (χ4v) is 2.38. The van der Waals surface area contributed by atoms with Crippen LogP contribution in [0.25, 0.3) is 0 Å². The molecule has 1 saturated heterocycles. The van der Waals surface area contributed by atoms with Crippen LogP contribution in [0, 0.1) is 19.3 Å². The van der Waals surface area contributed by atoms with Crippen LogP contribution in [0.1, 0.15) is 30.4 Å². The van der Waals surface area contributed by atoms with Gasteiger partial charge in [0.25, 0.3) is 0 Å². The minimum Gasteiger partial charge on any atom is -0.361 e. The van der Waals surface area contributed by atoms with Gasteiger partial charge in [-0.1, -0.05) is 12.1 Å². The normalized spacial score (nSPS) is 26.5. The van der Waals surface area contributed by atoms with Crippen molar-refractivity contribution in [2.75, 3.05) is 19.6 Å².